The van der Waals surface area contributed by atoms with Crippen molar-refractivity contribution in [2.24, 2.45) is 0 Å². The molecule has 0 saturated heterocycles. The Hall–Kier alpha value is -3.21. The highest BCUT2D eigenvalue weighted by Gasteiger charge is 2.27. The van der Waals surface area contributed by atoms with Gasteiger partial charge in [0.25, 0.3) is 11.7 Å². The molecule has 27 heavy (non-hydrogen) atoms. The highest BCUT2D eigenvalue weighted by Crippen LogP contribution is 2.19. The molecule has 1 heterocycles. The Labute approximate surface area is 159 Å². The quantitative estimate of drug-likeness (QED) is 0.515. The highest BCUT2D eigenvalue weighted by molar-refractivity contribution is 6.43. The van der Waals surface area contributed by atoms with Gasteiger partial charge in [-0.15, -0.1) is 0 Å². The van der Waals surface area contributed by atoms with Crippen LogP contribution in [0.15, 0.2) is 54.6 Å². The molecule has 0 unspecified atom stereocenters. The van der Waals surface area contributed by atoms with Crippen molar-refractivity contribution in [1.29, 1.82) is 0 Å². The maximum Gasteiger partial charge on any atom is 0.295 e. The van der Waals surface area contributed by atoms with Gasteiger partial charge < -0.3 is 4.90 Å². The van der Waals surface area contributed by atoms with Crippen molar-refractivity contribution in [2.45, 2.75) is 27.3 Å². The molecule has 3 aromatic rings. The van der Waals surface area contributed by atoms with Gasteiger partial charge in [-0.2, -0.15) is 5.10 Å². The molecule has 0 spiro atoms. The highest BCUT2D eigenvalue weighted by atomic mass is 16.2. The van der Waals surface area contributed by atoms with Gasteiger partial charge in [0.05, 0.1) is 22.6 Å². The van der Waals surface area contributed by atoms with Crippen LogP contribution in [0.4, 0.5) is 0 Å². The van der Waals surface area contributed by atoms with E-state index in [1.807, 2.05) is 68.4 Å². The average Bonchev–Trinajstić information content (AvgIpc) is 2.97. The van der Waals surface area contributed by atoms with Gasteiger partial charge in [-0.1, -0.05) is 48.0 Å². The van der Waals surface area contributed by atoms with Gasteiger partial charge in [0.15, 0.2) is 0 Å². The molecule has 138 valence electrons. The number of benzene rings is 2. The molecule has 0 N–H and O–H groups in total. The van der Waals surface area contributed by atoms with Crippen LogP contribution in [0.3, 0.4) is 0 Å². The Bertz CT molecular complexity index is 973. The van der Waals surface area contributed by atoms with E-state index < -0.39 is 11.7 Å². The third-order valence-corrected chi connectivity index (χ3v) is 4.60. The van der Waals surface area contributed by atoms with Gasteiger partial charge in [-0.25, -0.2) is 4.68 Å². The van der Waals surface area contributed by atoms with Crippen LogP contribution < -0.4 is 0 Å². The fourth-order valence-corrected chi connectivity index (χ4v) is 3.11. The fraction of sp³-hybridized carbons (Fsp3) is 0.227. The van der Waals surface area contributed by atoms with Gasteiger partial charge in [0.2, 0.25) is 0 Å². The SMILES string of the molecule is Cc1ccc(CN(C)C(=O)C(=O)c2c(C)nn(-c3ccccc3)c2C)cc1. The zero-order valence-electron chi connectivity index (χ0n) is 16.1. The van der Waals surface area contributed by atoms with Gasteiger partial charge in [0.1, 0.15) is 0 Å². The van der Waals surface area contributed by atoms with E-state index in [0.717, 1.165) is 16.8 Å². The lowest BCUT2D eigenvalue weighted by atomic mass is 10.1. The summed E-state index contributed by atoms with van der Waals surface area (Å²) in [5, 5.41) is 4.46. The molecule has 3 rings (SSSR count). The molecule has 5 heteroatoms. The first kappa shape index (κ1) is 18.6. The first-order valence-corrected chi connectivity index (χ1v) is 8.85. The Balaban J connectivity index is 1.83. The second kappa shape index (κ2) is 7.58. The van der Waals surface area contributed by atoms with Gasteiger partial charge in [0, 0.05) is 13.6 Å². The van der Waals surface area contributed by atoms with Crippen LogP contribution in [-0.2, 0) is 11.3 Å². The van der Waals surface area contributed by atoms with Crippen LogP contribution in [0.2, 0.25) is 0 Å². The Kier molecular flexibility index (Phi) is 5.21. The molecule has 2 aromatic carbocycles. The Morgan fingerprint density at radius 1 is 0.963 bits per heavy atom. The van der Waals surface area contributed by atoms with E-state index in [1.54, 1.807) is 18.7 Å². The monoisotopic (exact) mass is 361 g/mol. The van der Waals surface area contributed by atoms with Crippen LogP contribution in [0.5, 0.6) is 0 Å². The van der Waals surface area contributed by atoms with Crippen LogP contribution in [0.25, 0.3) is 5.69 Å². The molecule has 0 fully saturated rings. The number of para-hydroxylation sites is 1. The maximum atomic E-state index is 12.9. The zero-order valence-corrected chi connectivity index (χ0v) is 16.1. The predicted octanol–water partition coefficient (Wildman–Crippen LogP) is 3.64. The maximum absolute atomic E-state index is 12.9. The van der Waals surface area contributed by atoms with Crippen LogP contribution in [-0.4, -0.2) is 33.4 Å². The van der Waals surface area contributed by atoms with Crippen molar-refractivity contribution in [1.82, 2.24) is 14.7 Å². The molecule has 0 atom stereocenters. The summed E-state index contributed by atoms with van der Waals surface area (Å²) in [5.41, 5.74) is 4.59. The molecule has 0 radical (unpaired) electrons. The molecule has 1 amide bonds. The number of carbonyl (C=O) groups excluding carboxylic acids is 2. The van der Waals surface area contributed by atoms with E-state index in [2.05, 4.69) is 5.10 Å². The third kappa shape index (κ3) is 3.82. The number of carbonyl (C=O) groups is 2. The van der Waals surface area contributed by atoms with Crippen molar-refractivity contribution < 1.29 is 9.59 Å². The van der Waals surface area contributed by atoms with E-state index in [0.29, 0.717) is 23.5 Å². The van der Waals surface area contributed by atoms with Crippen molar-refractivity contribution >= 4 is 11.7 Å². The van der Waals surface area contributed by atoms with E-state index in [4.69, 9.17) is 0 Å². The van der Waals surface area contributed by atoms with Gasteiger partial charge in [-0.3, -0.25) is 9.59 Å². The number of hydrogen-bond acceptors (Lipinski definition) is 3. The number of Topliss-reactive ketones (excluding diaryl/α,β-unsaturated/α-hetero) is 1. The third-order valence-electron chi connectivity index (χ3n) is 4.60. The molecular weight excluding hydrogens is 338 g/mol. The largest absolute Gasteiger partial charge is 0.335 e. The lowest BCUT2D eigenvalue weighted by Crippen LogP contribution is -2.33. The number of amides is 1. The summed E-state index contributed by atoms with van der Waals surface area (Å²) in [6, 6.07) is 17.5. The summed E-state index contributed by atoms with van der Waals surface area (Å²) in [5.74, 6) is -1.06. The minimum atomic E-state index is -0.533. The summed E-state index contributed by atoms with van der Waals surface area (Å²) in [6.45, 7) is 5.97. The number of rotatable bonds is 5. The van der Waals surface area contributed by atoms with Crippen LogP contribution in [0, 0.1) is 20.8 Å². The number of nitrogens with zero attached hydrogens (tertiary/aromatic N) is 3. The van der Waals surface area contributed by atoms with Gasteiger partial charge >= 0.3 is 0 Å². The molecule has 0 saturated carbocycles. The minimum absolute atomic E-state index is 0.375. The molecule has 0 bridgehead atoms. The fourth-order valence-electron chi connectivity index (χ4n) is 3.11. The number of ketones is 1. The van der Waals surface area contributed by atoms with E-state index >= 15 is 0 Å². The second-order valence-corrected chi connectivity index (χ2v) is 6.77. The van der Waals surface area contributed by atoms with E-state index in [-0.39, 0.29) is 0 Å². The van der Waals surface area contributed by atoms with Gasteiger partial charge in [-0.05, 0) is 38.5 Å². The molecule has 0 aliphatic carbocycles. The van der Waals surface area contributed by atoms with Crippen LogP contribution in [0.1, 0.15) is 32.9 Å². The van der Waals surface area contributed by atoms with E-state index in [1.165, 1.54) is 4.90 Å². The Morgan fingerprint density at radius 3 is 2.22 bits per heavy atom. The smallest absolute Gasteiger partial charge is 0.295 e. The summed E-state index contributed by atoms with van der Waals surface area (Å²) in [4.78, 5) is 27.0. The standard InChI is InChI=1S/C22H23N3O2/c1-15-10-12-18(13-11-15)14-24(4)22(27)21(26)20-16(2)23-25(17(20)3)19-8-6-5-7-9-19/h5-13H,14H2,1-4H3. The molecular formula is C22H23N3O2. The predicted molar refractivity (Wildman–Crippen MR) is 105 cm³/mol. The lowest BCUT2D eigenvalue weighted by Gasteiger charge is -2.16. The summed E-state index contributed by atoms with van der Waals surface area (Å²) < 4.78 is 1.70. The lowest BCUT2D eigenvalue weighted by molar-refractivity contribution is -0.125. The summed E-state index contributed by atoms with van der Waals surface area (Å²) >= 11 is 0. The molecule has 0 aliphatic heterocycles. The average molecular weight is 361 g/mol. The van der Waals surface area contributed by atoms with Crippen molar-refractivity contribution in [3.8, 4) is 5.69 Å². The minimum Gasteiger partial charge on any atom is -0.335 e. The summed E-state index contributed by atoms with van der Waals surface area (Å²) in [6.07, 6.45) is 0. The van der Waals surface area contributed by atoms with Crippen LogP contribution >= 0.6 is 0 Å². The number of likely N-dealkylation sites (N-methyl/N-ethyl adjacent to an activating group) is 1. The normalized spacial score (nSPS) is 10.7. The molecule has 5 nitrogen and oxygen atoms in total. The zero-order chi connectivity index (χ0) is 19.6. The summed E-state index contributed by atoms with van der Waals surface area (Å²) in [7, 11) is 1.65. The van der Waals surface area contributed by atoms with Crippen molar-refractivity contribution in [2.75, 3.05) is 7.05 Å². The first-order chi connectivity index (χ1) is 12.9. The molecule has 1 aromatic heterocycles. The Morgan fingerprint density at radius 2 is 1.59 bits per heavy atom. The topological polar surface area (TPSA) is 55.2 Å². The number of aromatic nitrogens is 2. The second-order valence-electron chi connectivity index (χ2n) is 6.77. The van der Waals surface area contributed by atoms with Crippen molar-refractivity contribution in [3.63, 3.8) is 0 Å². The number of hydrogen-bond donors (Lipinski definition) is 0. The molecule has 0 aliphatic rings. The van der Waals surface area contributed by atoms with E-state index in [9.17, 15) is 9.59 Å². The van der Waals surface area contributed by atoms with Crippen molar-refractivity contribution in [3.05, 3.63) is 82.7 Å². The first-order valence-electron chi connectivity index (χ1n) is 8.85. The number of aryl methyl sites for hydroxylation is 2.